The summed E-state index contributed by atoms with van der Waals surface area (Å²) < 4.78 is 27.0. The number of sulfonamides is 1. The van der Waals surface area contributed by atoms with Crippen LogP contribution >= 0.6 is 11.8 Å². The summed E-state index contributed by atoms with van der Waals surface area (Å²) in [4.78, 5) is 6.30. The Morgan fingerprint density at radius 2 is 1.83 bits per heavy atom. The van der Waals surface area contributed by atoms with Crippen molar-refractivity contribution in [2.45, 2.75) is 0 Å². The Labute approximate surface area is 138 Å². The van der Waals surface area contributed by atoms with E-state index in [9.17, 15) is 8.42 Å². The average Bonchev–Trinajstić information content (AvgIpc) is 2.97. The maximum Gasteiger partial charge on any atom is 0.257 e. The third-order valence-electron chi connectivity index (χ3n) is 3.73. The highest BCUT2D eigenvalue weighted by Crippen LogP contribution is 2.35. The van der Waals surface area contributed by atoms with Crippen LogP contribution in [0.25, 0.3) is 17.0 Å². The van der Waals surface area contributed by atoms with Crippen LogP contribution in [-0.2, 0) is 10.0 Å². The van der Waals surface area contributed by atoms with Crippen molar-refractivity contribution in [3.8, 4) is 11.3 Å². The number of hydrogen-bond donors (Lipinski definition) is 0. The zero-order chi connectivity index (χ0) is 15.9. The Bertz CT molecular complexity index is 904. The zero-order valence-electron chi connectivity index (χ0n) is 12.1. The van der Waals surface area contributed by atoms with E-state index in [4.69, 9.17) is 0 Å². The molecule has 0 unspecified atom stereocenters. The first kappa shape index (κ1) is 14.5. The predicted octanol–water partition coefficient (Wildman–Crippen LogP) is 2.80. The smallest absolute Gasteiger partial charge is 0.257 e. The molecule has 2 aliphatic rings. The number of benzene rings is 1. The van der Waals surface area contributed by atoms with Gasteiger partial charge in [-0.05, 0) is 17.7 Å². The van der Waals surface area contributed by atoms with Crippen molar-refractivity contribution in [3.05, 3.63) is 59.6 Å². The van der Waals surface area contributed by atoms with Gasteiger partial charge in [-0.15, -0.1) is 4.40 Å². The minimum absolute atomic E-state index is 0.0560. The molecule has 0 radical (unpaired) electrons. The fourth-order valence-corrected chi connectivity index (χ4v) is 4.72. The van der Waals surface area contributed by atoms with Crippen molar-refractivity contribution >= 4 is 32.6 Å². The molecule has 0 aliphatic carbocycles. The number of fused-ring (bicyclic) bond motifs is 1. The first-order chi connectivity index (χ1) is 11.1. The van der Waals surface area contributed by atoms with Crippen molar-refractivity contribution < 1.29 is 8.42 Å². The molecule has 0 N–H and O–H groups in total. The summed E-state index contributed by atoms with van der Waals surface area (Å²) in [6.45, 7) is 0.446. The maximum absolute atomic E-state index is 11.6. The summed E-state index contributed by atoms with van der Waals surface area (Å²) in [7, 11) is -3.30. The topological polar surface area (TPSA) is 62.6 Å². The van der Waals surface area contributed by atoms with Crippen LogP contribution in [0.5, 0.6) is 0 Å². The normalized spacial score (nSPS) is 19.0. The Kier molecular flexibility index (Phi) is 3.46. The SMILES string of the molecule is O=S1(=O)CCN2C(c3ccc(-c4ccccn4)cc3)=CSC2=N1. The van der Waals surface area contributed by atoms with E-state index >= 15 is 0 Å². The number of thioether (sulfide) groups is 1. The summed E-state index contributed by atoms with van der Waals surface area (Å²) in [5.74, 6) is 0.0560. The van der Waals surface area contributed by atoms with Gasteiger partial charge >= 0.3 is 0 Å². The molecular formula is C16H13N3O2S2. The van der Waals surface area contributed by atoms with E-state index in [1.54, 1.807) is 6.20 Å². The number of pyridine rings is 1. The molecule has 7 heteroatoms. The Morgan fingerprint density at radius 3 is 2.57 bits per heavy atom. The molecule has 5 nitrogen and oxygen atoms in total. The minimum atomic E-state index is -3.30. The van der Waals surface area contributed by atoms with Gasteiger partial charge in [-0.25, -0.2) is 8.42 Å². The predicted molar refractivity (Wildman–Crippen MR) is 93.2 cm³/mol. The summed E-state index contributed by atoms with van der Waals surface area (Å²) in [6.07, 6.45) is 1.77. The van der Waals surface area contributed by atoms with Crippen molar-refractivity contribution in [1.29, 1.82) is 0 Å². The lowest BCUT2D eigenvalue weighted by atomic mass is 10.1. The van der Waals surface area contributed by atoms with Gasteiger partial charge in [0.1, 0.15) is 0 Å². The van der Waals surface area contributed by atoms with E-state index in [2.05, 4.69) is 9.38 Å². The first-order valence-electron chi connectivity index (χ1n) is 7.11. The van der Waals surface area contributed by atoms with Gasteiger partial charge in [-0.1, -0.05) is 42.1 Å². The Hall–Kier alpha value is -2.12. The van der Waals surface area contributed by atoms with Crippen LogP contribution in [0, 0.1) is 0 Å². The highest BCUT2D eigenvalue weighted by Gasteiger charge is 2.31. The second kappa shape index (κ2) is 5.50. The number of aromatic nitrogens is 1. The third kappa shape index (κ3) is 2.77. The van der Waals surface area contributed by atoms with Gasteiger partial charge in [-0.3, -0.25) is 4.98 Å². The number of hydrogen-bond acceptors (Lipinski definition) is 5. The monoisotopic (exact) mass is 343 g/mol. The van der Waals surface area contributed by atoms with Crippen molar-refractivity contribution in [2.75, 3.05) is 12.3 Å². The molecule has 0 fully saturated rings. The second-order valence-corrected chi connectivity index (χ2v) is 7.82. The van der Waals surface area contributed by atoms with E-state index in [0.29, 0.717) is 11.7 Å². The molecule has 3 heterocycles. The third-order valence-corrected chi connectivity index (χ3v) is 5.86. The van der Waals surface area contributed by atoms with E-state index in [1.165, 1.54) is 11.8 Å². The van der Waals surface area contributed by atoms with Crippen molar-refractivity contribution in [1.82, 2.24) is 9.88 Å². The van der Waals surface area contributed by atoms with Crippen LogP contribution < -0.4 is 0 Å². The Balaban J connectivity index is 1.63. The molecule has 4 rings (SSSR count). The van der Waals surface area contributed by atoms with Crippen LogP contribution in [0.4, 0.5) is 0 Å². The summed E-state index contributed by atoms with van der Waals surface area (Å²) in [6, 6.07) is 13.9. The molecule has 0 saturated heterocycles. The van der Waals surface area contributed by atoms with Gasteiger partial charge in [0, 0.05) is 23.7 Å². The molecule has 0 saturated carbocycles. The lowest BCUT2D eigenvalue weighted by Gasteiger charge is -2.25. The summed E-state index contributed by atoms with van der Waals surface area (Å²) in [5, 5.41) is 2.50. The average molecular weight is 343 g/mol. The molecule has 1 aromatic heterocycles. The van der Waals surface area contributed by atoms with Gasteiger partial charge in [0.2, 0.25) is 0 Å². The highest BCUT2D eigenvalue weighted by atomic mass is 32.2. The summed E-state index contributed by atoms with van der Waals surface area (Å²) in [5.41, 5.74) is 4.02. The van der Waals surface area contributed by atoms with E-state index in [0.717, 1.165) is 22.5 Å². The maximum atomic E-state index is 11.6. The fourth-order valence-electron chi connectivity index (χ4n) is 2.57. The zero-order valence-corrected chi connectivity index (χ0v) is 13.7. The van der Waals surface area contributed by atoms with Crippen molar-refractivity contribution in [3.63, 3.8) is 0 Å². The number of nitrogens with zero attached hydrogens (tertiary/aromatic N) is 3. The molecule has 116 valence electrons. The van der Waals surface area contributed by atoms with Crippen LogP contribution in [0.15, 0.2) is 58.5 Å². The molecule has 2 aliphatic heterocycles. The number of rotatable bonds is 2. The van der Waals surface area contributed by atoms with Gasteiger partial charge in [-0.2, -0.15) is 0 Å². The largest absolute Gasteiger partial charge is 0.318 e. The molecule has 0 amide bonds. The van der Waals surface area contributed by atoms with E-state index < -0.39 is 10.0 Å². The molecule has 2 aromatic rings. The summed E-state index contributed by atoms with van der Waals surface area (Å²) >= 11 is 1.35. The lowest BCUT2D eigenvalue weighted by Crippen LogP contribution is -2.34. The van der Waals surface area contributed by atoms with Crippen LogP contribution in [0.1, 0.15) is 5.56 Å². The van der Waals surface area contributed by atoms with Crippen LogP contribution in [0.3, 0.4) is 0 Å². The van der Waals surface area contributed by atoms with Gasteiger partial charge in [0.15, 0.2) is 5.17 Å². The van der Waals surface area contributed by atoms with Crippen LogP contribution in [-0.4, -0.2) is 35.8 Å². The molecule has 0 atom stereocenters. The van der Waals surface area contributed by atoms with Crippen LogP contribution in [0.2, 0.25) is 0 Å². The number of amidine groups is 1. The standard InChI is InChI=1S/C16H13N3O2S2/c20-23(21)10-9-19-15(11-22-16(19)18-23)13-6-4-12(5-7-13)14-3-1-2-8-17-14/h1-8,11H,9-10H2. The van der Waals surface area contributed by atoms with Gasteiger partial charge in [0.05, 0.1) is 17.1 Å². The quantitative estimate of drug-likeness (QED) is 0.839. The second-order valence-electron chi connectivity index (χ2n) is 5.22. The molecule has 1 aromatic carbocycles. The lowest BCUT2D eigenvalue weighted by molar-refractivity contribution is 0.567. The van der Waals surface area contributed by atoms with Gasteiger partial charge in [0.25, 0.3) is 10.0 Å². The van der Waals surface area contributed by atoms with Crippen molar-refractivity contribution in [2.24, 2.45) is 4.40 Å². The highest BCUT2D eigenvalue weighted by molar-refractivity contribution is 8.17. The first-order valence-corrected chi connectivity index (χ1v) is 9.60. The van der Waals surface area contributed by atoms with E-state index in [-0.39, 0.29) is 5.75 Å². The van der Waals surface area contributed by atoms with E-state index in [1.807, 2.05) is 52.8 Å². The molecule has 23 heavy (non-hydrogen) atoms. The van der Waals surface area contributed by atoms with Gasteiger partial charge < -0.3 is 4.90 Å². The molecule has 0 spiro atoms. The molecular weight excluding hydrogens is 330 g/mol. The minimum Gasteiger partial charge on any atom is -0.318 e. The fraction of sp³-hybridized carbons (Fsp3) is 0.125. The molecule has 0 bridgehead atoms. The Morgan fingerprint density at radius 1 is 1.04 bits per heavy atom.